The Morgan fingerprint density at radius 1 is 0.615 bits per heavy atom. The summed E-state index contributed by atoms with van der Waals surface area (Å²) in [6, 6.07) is 27.5. The van der Waals surface area contributed by atoms with Gasteiger partial charge in [0, 0.05) is 11.1 Å². The Bertz CT molecular complexity index is 898. The minimum absolute atomic E-state index is 0.555. The molecule has 126 valence electrons. The lowest BCUT2D eigenvalue weighted by Crippen LogP contribution is -2.33. The Labute approximate surface area is 153 Å². The first kappa shape index (κ1) is 17.5. The summed E-state index contributed by atoms with van der Waals surface area (Å²) in [5, 5.41) is 21.8. The molecule has 0 amide bonds. The van der Waals surface area contributed by atoms with Crippen LogP contribution in [-0.4, -0.2) is 15.8 Å². The van der Waals surface area contributed by atoms with Crippen molar-refractivity contribution in [2.75, 3.05) is 0 Å². The van der Waals surface area contributed by atoms with Gasteiger partial charge in [-0.05, 0) is 41.7 Å². The van der Waals surface area contributed by atoms with E-state index in [-0.39, 0.29) is 0 Å². The Balaban J connectivity index is 2.01. The third kappa shape index (κ3) is 4.41. The summed E-state index contributed by atoms with van der Waals surface area (Å²) >= 11 is 0. The van der Waals surface area contributed by atoms with E-state index < -0.39 is 11.7 Å². The molecule has 0 saturated heterocycles. The van der Waals surface area contributed by atoms with E-state index in [9.17, 15) is 10.2 Å². The number of rotatable bonds is 2. The third-order valence-electron chi connectivity index (χ3n) is 3.85. The normalized spacial score (nSPS) is 11.5. The maximum Gasteiger partial charge on any atom is 0.218 e. The van der Waals surface area contributed by atoms with Crippen molar-refractivity contribution in [3.05, 3.63) is 108 Å². The van der Waals surface area contributed by atoms with Crippen LogP contribution in [-0.2, 0) is 0 Å². The molecular formula is C24H18O2. The van der Waals surface area contributed by atoms with Gasteiger partial charge in [0.05, 0.1) is 0 Å². The second-order valence-corrected chi connectivity index (χ2v) is 5.81. The van der Waals surface area contributed by atoms with Crippen LogP contribution >= 0.6 is 0 Å². The summed E-state index contributed by atoms with van der Waals surface area (Å²) < 4.78 is 0. The number of aliphatic hydroxyl groups excluding tert-OH is 1. The zero-order valence-corrected chi connectivity index (χ0v) is 14.1. The summed E-state index contributed by atoms with van der Waals surface area (Å²) in [6.45, 7) is 0. The molecule has 0 fully saturated rings. The number of benzene rings is 3. The van der Waals surface area contributed by atoms with Crippen LogP contribution in [0.25, 0.3) is 0 Å². The van der Waals surface area contributed by atoms with E-state index in [2.05, 4.69) is 23.7 Å². The van der Waals surface area contributed by atoms with Crippen molar-refractivity contribution in [2.45, 2.75) is 11.7 Å². The second kappa shape index (κ2) is 8.19. The van der Waals surface area contributed by atoms with E-state index >= 15 is 0 Å². The molecule has 0 saturated carbocycles. The average Bonchev–Trinajstić information content (AvgIpc) is 2.72. The van der Waals surface area contributed by atoms with Gasteiger partial charge in [-0.1, -0.05) is 78.6 Å². The van der Waals surface area contributed by atoms with Crippen LogP contribution in [0.5, 0.6) is 0 Å². The van der Waals surface area contributed by atoms with Gasteiger partial charge < -0.3 is 10.2 Å². The highest BCUT2D eigenvalue weighted by molar-refractivity contribution is 5.45. The zero-order valence-electron chi connectivity index (χ0n) is 14.1. The summed E-state index contributed by atoms with van der Waals surface area (Å²) in [5.74, 6) is 11.3. The predicted octanol–water partition coefficient (Wildman–Crippen LogP) is 3.55. The lowest BCUT2D eigenvalue weighted by Gasteiger charge is -2.23. The molecule has 0 bridgehead atoms. The van der Waals surface area contributed by atoms with Crippen LogP contribution in [0.15, 0.2) is 91.0 Å². The van der Waals surface area contributed by atoms with Crippen molar-refractivity contribution in [1.82, 2.24) is 0 Å². The average molecular weight is 338 g/mol. The van der Waals surface area contributed by atoms with Crippen molar-refractivity contribution < 1.29 is 10.2 Å². The van der Waals surface area contributed by atoms with E-state index in [1.54, 1.807) is 24.3 Å². The van der Waals surface area contributed by atoms with Gasteiger partial charge in [-0.25, -0.2) is 0 Å². The smallest absolute Gasteiger partial charge is 0.218 e. The first-order valence-corrected chi connectivity index (χ1v) is 8.29. The number of hydrogen-bond donors (Lipinski definition) is 2. The molecule has 1 atom stereocenters. The monoisotopic (exact) mass is 338 g/mol. The molecule has 26 heavy (non-hydrogen) atoms. The Hall–Kier alpha value is -3.30. The molecule has 0 unspecified atom stereocenters. The molecule has 2 heteroatoms. The molecule has 3 aromatic rings. The molecule has 2 N–H and O–H groups in total. The molecule has 0 aliphatic carbocycles. The Morgan fingerprint density at radius 3 is 1.42 bits per heavy atom. The SMILES string of the molecule is O[C@@H](c1ccccc1)C(O)(C#Cc1ccccc1)C#Cc1ccccc1. The maximum atomic E-state index is 11.1. The van der Waals surface area contributed by atoms with Crippen LogP contribution < -0.4 is 0 Å². The predicted molar refractivity (Wildman–Crippen MR) is 103 cm³/mol. The van der Waals surface area contributed by atoms with Gasteiger partial charge in [-0.15, -0.1) is 0 Å². The van der Waals surface area contributed by atoms with E-state index in [0.717, 1.165) is 11.1 Å². The standard InChI is InChI=1S/C24H18O2/c25-23(22-14-8-3-9-15-22)24(26,18-16-20-10-4-1-5-11-20)19-17-21-12-6-2-7-13-21/h1-15,23,25-26H/t23-/m0/s1. The second-order valence-electron chi connectivity index (χ2n) is 5.81. The molecule has 0 aliphatic rings. The lowest BCUT2D eigenvalue weighted by molar-refractivity contribution is 0.00698. The Kier molecular flexibility index (Phi) is 5.52. The van der Waals surface area contributed by atoms with Gasteiger partial charge in [-0.3, -0.25) is 0 Å². The fourth-order valence-corrected chi connectivity index (χ4v) is 2.42. The van der Waals surface area contributed by atoms with Crippen LogP contribution in [0.1, 0.15) is 22.8 Å². The van der Waals surface area contributed by atoms with Crippen molar-refractivity contribution in [2.24, 2.45) is 0 Å². The van der Waals surface area contributed by atoms with E-state index in [4.69, 9.17) is 0 Å². The molecule has 0 spiro atoms. The minimum atomic E-state index is -1.90. The van der Waals surface area contributed by atoms with Gasteiger partial charge in [0.25, 0.3) is 0 Å². The highest BCUT2D eigenvalue weighted by Crippen LogP contribution is 2.25. The zero-order chi connectivity index (χ0) is 18.2. The fraction of sp³-hybridized carbons (Fsp3) is 0.0833. The van der Waals surface area contributed by atoms with Crippen LogP contribution in [0, 0.1) is 23.7 Å². The van der Waals surface area contributed by atoms with Crippen LogP contribution in [0.2, 0.25) is 0 Å². The summed E-state index contributed by atoms with van der Waals surface area (Å²) in [6.07, 6.45) is -1.25. The van der Waals surface area contributed by atoms with Crippen molar-refractivity contribution >= 4 is 0 Å². The first-order chi connectivity index (χ1) is 12.7. The van der Waals surface area contributed by atoms with Gasteiger partial charge in [0.1, 0.15) is 6.10 Å². The van der Waals surface area contributed by atoms with Crippen LogP contribution in [0.4, 0.5) is 0 Å². The molecular weight excluding hydrogens is 320 g/mol. The molecule has 3 aromatic carbocycles. The van der Waals surface area contributed by atoms with Gasteiger partial charge >= 0.3 is 0 Å². The van der Waals surface area contributed by atoms with Gasteiger partial charge in [0.15, 0.2) is 0 Å². The van der Waals surface area contributed by atoms with E-state index in [0.29, 0.717) is 5.56 Å². The summed E-state index contributed by atoms with van der Waals surface area (Å²) in [5.41, 5.74) is 0.146. The topological polar surface area (TPSA) is 40.5 Å². The molecule has 0 aliphatic heterocycles. The number of aliphatic hydroxyl groups is 2. The van der Waals surface area contributed by atoms with E-state index in [1.807, 2.05) is 66.7 Å². The van der Waals surface area contributed by atoms with Crippen molar-refractivity contribution in [3.8, 4) is 23.7 Å². The molecule has 0 aromatic heterocycles. The van der Waals surface area contributed by atoms with Crippen molar-refractivity contribution in [1.29, 1.82) is 0 Å². The van der Waals surface area contributed by atoms with Gasteiger partial charge in [-0.2, -0.15) is 0 Å². The molecule has 3 rings (SSSR count). The summed E-state index contributed by atoms with van der Waals surface area (Å²) in [4.78, 5) is 0. The Morgan fingerprint density at radius 2 is 1.00 bits per heavy atom. The first-order valence-electron chi connectivity index (χ1n) is 8.29. The van der Waals surface area contributed by atoms with E-state index in [1.165, 1.54) is 0 Å². The van der Waals surface area contributed by atoms with Crippen molar-refractivity contribution in [3.63, 3.8) is 0 Å². The molecule has 0 radical (unpaired) electrons. The number of hydrogen-bond acceptors (Lipinski definition) is 2. The fourth-order valence-electron chi connectivity index (χ4n) is 2.42. The van der Waals surface area contributed by atoms with Gasteiger partial charge in [0.2, 0.25) is 5.60 Å². The molecule has 2 nitrogen and oxygen atoms in total. The maximum absolute atomic E-state index is 11.1. The van der Waals surface area contributed by atoms with Crippen LogP contribution in [0.3, 0.4) is 0 Å². The summed E-state index contributed by atoms with van der Waals surface area (Å²) in [7, 11) is 0. The highest BCUT2D eigenvalue weighted by Gasteiger charge is 2.33. The molecule has 0 heterocycles. The lowest BCUT2D eigenvalue weighted by atomic mass is 9.91. The largest absolute Gasteiger partial charge is 0.383 e. The highest BCUT2D eigenvalue weighted by atomic mass is 16.3. The quantitative estimate of drug-likeness (QED) is 0.702. The third-order valence-corrected chi connectivity index (χ3v) is 3.85. The minimum Gasteiger partial charge on any atom is -0.383 e.